The van der Waals surface area contributed by atoms with Gasteiger partial charge in [0, 0.05) is 13.0 Å². The van der Waals surface area contributed by atoms with Crippen LogP contribution in [0.2, 0.25) is 0 Å². The molecule has 0 spiro atoms. The molecule has 0 aromatic carbocycles. The van der Waals surface area contributed by atoms with Gasteiger partial charge in [0.15, 0.2) is 0 Å². The lowest BCUT2D eigenvalue weighted by Crippen LogP contribution is -2.48. The van der Waals surface area contributed by atoms with Crippen LogP contribution in [-0.2, 0) is 9.59 Å². The predicted octanol–water partition coefficient (Wildman–Crippen LogP) is -1.00. The largest absolute Gasteiger partial charge is 0.471 e. The van der Waals surface area contributed by atoms with Crippen molar-refractivity contribution in [2.75, 3.05) is 6.54 Å². The molecule has 1 rings (SSSR count). The van der Waals surface area contributed by atoms with Gasteiger partial charge in [-0.05, 0) is 0 Å². The average Bonchev–Trinajstić information content (AvgIpc) is 2.44. The molecule has 8 heteroatoms. The van der Waals surface area contributed by atoms with Crippen molar-refractivity contribution >= 4 is 11.8 Å². The smallest absolute Gasteiger partial charge is 0.391 e. The SMILES string of the molecule is NC(=O)C1CC(O)CN1C(=O)C(F)(F)F. The average molecular weight is 226 g/mol. The van der Waals surface area contributed by atoms with E-state index in [0.717, 1.165) is 0 Å². The zero-order chi connectivity index (χ0) is 11.8. The summed E-state index contributed by atoms with van der Waals surface area (Å²) in [7, 11) is 0. The van der Waals surface area contributed by atoms with Crippen molar-refractivity contribution in [1.82, 2.24) is 4.90 Å². The van der Waals surface area contributed by atoms with Crippen molar-refractivity contribution in [2.45, 2.75) is 24.7 Å². The molecule has 0 bridgehead atoms. The number of amides is 2. The summed E-state index contributed by atoms with van der Waals surface area (Å²) in [5.41, 5.74) is 4.82. The lowest BCUT2D eigenvalue weighted by atomic mass is 10.2. The van der Waals surface area contributed by atoms with Gasteiger partial charge in [-0.3, -0.25) is 9.59 Å². The molecule has 2 unspecified atom stereocenters. The maximum Gasteiger partial charge on any atom is 0.471 e. The summed E-state index contributed by atoms with van der Waals surface area (Å²) < 4.78 is 36.1. The molecule has 3 N–H and O–H groups in total. The summed E-state index contributed by atoms with van der Waals surface area (Å²) >= 11 is 0. The number of carbonyl (C=O) groups excluding carboxylic acids is 2. The van der Waals surface area contributed by atoms with Crippen LogP contribution in [0.5, 0.6) is 0 Å². The zero-order valence-corrected chi connectivity index (χ0v) is 7.49. The van der Waals surface area contributed by atoms with E-state index >= 15 is 0 Å². The molecular weight excluding hydrogens is 217 g/mol. The number of hydrogen-bond acceptors (Lipinski definition) is 3. The predicted molar refractivity (Wildman–Crippen MR) is 41.4 cm³/mol. The van der Waals surface area contributed by atoms with Crippen LogP contribution in [0.4, 0.5) is 13.2 Å². The fourth-order valence-corrected chi connectivity index (χ4v) is 1.47. The number of β-amino-alcohol motifs (C(OH)–C–C–N with tert-alkyl or cyclic N) is 1. The minimum atomic E-state index is -5.06. The van der Waals surface area contributed by atoms with E-state index in [2.05, 4.69) is 0 Å². The standard InChI is InChI=1S/C7H9F3N2O3/c8-7(9,10)6(15)12-2-3(13)1-4(12)5(11)14/h3-4,13H,1-2H2,(H2,11,14). The van der Waals surface area contributed by atoms with E-state index in [4.69, 9.17) is 10.8 Å². The van der Waals surface area contributed by atoms with Crippen LogP contribution < -0.4 is 5.73 Å². The number of hydrogen-bond donors (Lipinski definition) is 2. The van der Waals surface area contributed by atoms with Gasteiger partial charge in [0.1, 0.15) is 6.04 Å². The third-order valence-electron chi connectivity index (χ3n) is 2.11. The first kappa shape index (κ1) is 11.8. The highest BCUT2D eigenvalue weighted by molar-refractivity contribution is 5.89. The molecule has 1 aliphatic rings. The number of nitrogens with two attached hydrogens (primary N) is 1. The Bertz CT molecular complexity index is 292. The number of aliphatic hydroxyl groups excluding tert-OH is 1. The van der Waals surface area contributed by atoms with Crippen LogP contribution in [0.3, 0.4) is 0 Å². The molecule has 0 radical (unpaired) electrons. The number of aliphatic hydroxyl groups is 1. The molecule has 0 aromatic heterocycles. The molecule has 5 nitrogen and oxygen atoms in total. The summed E-state index contributed by atoms with van der Waals surface area (Å²) in [4.78, 5) is 21.8. The summed E-state index contributed by atoms with van der Waals surface area (Å²) in [5.74, 6) is -3.20. The second kappa shape index (κ2) is 3.69. The molecule has 2 amide bonds. The molecule has 0 saturated carbocycles. The number of nitrogens with zero attached hydrogens (tertiary/aromatic N) is 1. The van der Waals surface area contributed by atoms with Crippen LogP contribution in [0.15, 0.2) is 0 Å². The maximum atomic E-state index is 12.0. The number of primary amides is 1. The van der Waals surface area contributed by atoms with Crippen molar-refractivity contribution in [2.24, 2.45) is 5.73 Å². The van der Waals surface area contributed by atoms with E-state index in [-0.39, 0.29) is 11.3 Å². The van der Waals surface area contributed by atoms with Crippen LogP contribution in [-0.4, -0.2) is 46.7 Å². The van der Waals surface area contributed by atoms with Crippen molar-refractivity contribution < 1.29 is 27.9 Å². The number of halogens is 3. The van der Waals surface area contributed by atoms with Gasteiger partial charge in [0.25, 0.3) is 0 Å². The quantitative estimate of drug-likeness (QED) is 0.601. The fourth-order valence-electron chi connectivity index (χ4n) is 1.47. The number of rotatable bonds is 1. The van der Waals surface area contributed by atoms with Gasteiger partial charge in [-0.2, -0.15) is 13.2 Å². The van der Waals surface area contributed by atoms with E-state index in [1.807, 2.05) is 0 Å². The molecule has 15 heavy (non-hydrogen) atoms. The van der Waals surface area contributed by atoms with E-state index in [1.54, 1.807) is 0 Å². The molecule has 1 saturated heterocycles. The highest BCUT2D eigenvalue weighted by Gasteiger charge is 2.49. The maximum absolute atomic E-state index is 12.0. The molecule has 1 heterocycles. The van der Waals surface area contributed by atoms with Crippen molar-refractivity contribution in [1.29, 1.82) is 0 Å². The molecule has 86 valence electrons. The molecule has 1 fully saturated rings. The Labute approximate surface area is 82.6 Å². The third kappa shape index (κ3) is 2.38. The highest BCUT2D eigenvalue weighted by Crippen LogP contribution is 2.25. The number of likely N-dealkylation sites (tertiary alicyclic amines) is 1. The van der Waals surface area contributed by atoms with Crippen LogP contribution in [0.25, 0.3) is 0 Å². The summed E-state index contributed by atoms with van der Waals surface area (Å²) in [6.07, 6.45) is -6.46. The van der Waals surface area contributed by atoms with E-state index in [9.17, 15) is 22.8 Å². The first-order valence-electron chi connectivity index (χ1n) is 4.08. The van der Waals surface area contributed by atoms with Crippen molar-refractivity contribution in [3.8, 4) is 0 Å². The normalized spacial score (nSPS) is 26.8. The van der Waals surface area contributed by atoms with Gasteiger partial charge >= 0.3 is 12.1 Å². The van der Waals surface area contributed by atoms with Gasteiger partial charge in [-0.15, -0.1) is 0 Å². The van der Waals surface area contributed by atoms with Gasteiger partial charge in [0.05, 0.1) is 6.10 Å². The Morgan fingerprint density at radius 1 is 1.40 bits per heavy atom. The first-order chi connectivity index (χ1) is 6.73. The lowest BCUT2D eigenvalue weighted by molar-refractivity contribution is -0.186. The Balaban J connectivity index is 2.85. The molecule has 1 aliphatic heterocycles. The minimum Gasteiger partial charge on any atom is -0.391 e. The molecular formula is C7H9F3N2O3. The van der Waals surface area contributed by atoms with E-state index in [0.29, 0.717) is 0 Å². The molecule has 0 aromatic rings. The number of alkyl halides is 3. The summed E-state index contributed by atoms with van der Waals surface area (Å²) in [6, 6.07) is -1.38. The Hall–Kier alpha value is -1.31. The van der Waals surface area contributed by atoms with Gasteiger partial charge in [-0.1, -0.05) is 0 Å². The molecule has 0 aliphatic carbocycles. The van der Waals surface area contributed by atoms with Gasteiger partial charge < -0.3 is 15.7 Å². The van der Waals surface area contributed by atoms with Crippen LogP contribution in [0, 0.1) is 0 Å². The van der Waals surface area contributed by atoms with Gasteiger partial charge in [-0.25, -0.2) is 0 Å². The second-order valence-electron chi connectivity index (χ2n) is 3.26. The number of carbonyl (C=O) groups is 2. The summed E-state index contributed by atoms with van der Waals surface area (Å²) in [5, 5.41) is 9.06. The monoisotopic (exact) mass is 226 g/mol. The highest BCUT2D eigenvalue weighted by atomic mass is 19.4. The van der Waals surface area contributed by atoms with E-state index in [1.165, 1.54) is 0 Å². The van der Waals surface area contributed by atoms with Crippen molar-refractivity contribution in [3.63, 3.8) is 0 Å². The van der Waals surface area contributed by atoms with E-state index < -0.39 is 36.7 Å². The topological polar surface area (TPSA) is 83.6 Å². The fraction of sp³-hybridized carbons (Fsp3) is 0.714. The van der Waals surface area contributed by atoms with Crippen LogP contribution >= 0.6 is 0 Å². The Morgan fingerprint density at radius 3 is 2.33 bits per heavy atom. The Morgan fingerprint density at radius 2 is 1.93 bits per heavy atom. The third-order valence-corrected chi connectivity index (χ3v) is 2.11. The summed E-state index contributed by atoms with van der Waals surface area (Å²) in [6.45, 7) is -0.522. The van der Waals surface area contributed by atoms with Crippen LogP contribution in [0.1, 0.15) is 6.42 Å². The minimum absolute atomic E-state index is 0.253. The zero-order valence-electron chi connectivity index (χ0n) is 7.49. The van der Waals surface area contributed by atoms with Gasteiger partial charge in [0.2, 0.25) is 5.91 Å². The lowest BCUT2D eigenvalue weighted by Gasteiger charge is -2.22. The molecule has 2 atom stereocenters. The second-order valence-corrected chi connectivity index (χ2v) is 3.26. The Kier molecular flexibility index (Phi) is 2.89. The van der Waals surface area contributed by atoms with Crippen molar-refractivity contribution in [3.05, 3.63) is 0 Å². The first-order valence-corrected chi connectivity index (χ1v) is 4.08.